The van der Waals surface area contributed by atoms with Gasteiger partial charge in [0.1, 0.15) is 17.1 Å². The first kappa shape index (κ1) is 28.0. The summed E-state index contributed by atoms with van der Waals surface area (Å²) in [5.41, 5.74) is 3.47. The minimum absolute atomic E-state index is 0.0135. The van der Waals surface area contributed by atoms with Crippen LogP contribution in [0.1, 0.15) is 41.4 Å². The number of benzene rings is 3. The number of sulfonamides is 1. The molecule has 0 saturated heterocycles. The summed E-state index contributed by atoms with van der Waals surface area (Å²) in [6, 6.07) is 17.2. The molecule has 5 N–H and O–H groups in total. The minimum Gasteiger partial charge on any atom is -0.506 e. The molecule has 0 unspecified atom stereocenters. The summed E-state index contributed by atoms with van der Waals surface area (Å²) in [7, 11) is -3.56. The van der Waals surface area contributed by atoms with Crippen LogP contribution in [0.3, 0.4) is 0 Å². The molecule has 0 radical (unpaired) electrons. The predicted molar refractivity (Wildman–Crippen MR) is 143 cm³/mol. The zero-order chi connectivity index (χ0) is 27.2. The van der Waals surface area contributed by atoms with Gasteiger partial charge in [0.25, 0.3) is 0 Å². The van der Waals surface area contributed by atoms with Gasteiger partial charge < -0.3 is 25.4 Å². The first-order valence-electron chi connectivity index (χ1n) is 11.8. The van der Waals surface area contributed by atoms with E-state index in [1.807, 2.05) is 38.1 Å². The summed E-state index contributed by atoms with van der Waals surface area (Å²) in [6.45, 7) is 4.54. The van der Waals surface area contributed by atoms with E-state index < -0.39 is 22.1 Å². The van der Waals surface area contributed by atoms with Crippen molar-refractivity contribution < 1.29 is 33.3 Å². The quantitative estimate of drug-likeness (QED) is 0.176. The van der Waals surface area contributed by atoms with E-state index in [4.69, 9.17) is 4.74 Å². The Hall–Kier alpha value is -3.60. The van der Waals surface area contributed by atoms with E-state index in [-0.39, 0.29) is 29.6 Å². The molecule has 3 aromatic rings. The summed E-state index contributed by atoms with van der Waals surface area (Å²) in [4.78, 5) is 11.5. The Kier molecular flexibility index (Phi) is 9.14. The highest BCUT2D eigenvalue weighted by atomic mass is 32.2. The Morgan fingerprint density at radius 2 is 1.68 bits per heavy atom. The molecule has 9 nitrogen and oxygen atoms in total. The first-order chi connectivity index (χ1) is 17.4. The van der Waals surface area contributed by atoms with E-state index >= 15 is 0 Å². The SMILES string of the molecule is CC(C)Oc1cc(-c2ccc(CCNC[C@H](O)c3ccc(O)c(NS(C)(=O)=O)c3)cc2)ccc1C(=O)O. The number of carboxylic acids is 1. The Balaban J connectivity index is 1.57. The van der Waals surface area contributed by atoms with Gasteiger partial charge in [-0.1, -0.05) is 36.4 Å². The zero-order valence-electron chi connectivity index (χ0n) is 20.9. The van der Waals surface area contributed by atoms with Crippen molar-refractivity contribution >= 4 is 21.7 Å². The van der Waals surface area contributed by atoms with Gasteiger partial charge in [-0.05, 0) is 73.3 Å². The van der Waals surface area contributed by atoms with Crippen molar-refractivity contribution in [1.29, 1.82) is 0 Å². The third-order valence-corrected chi connectivity index (χ3v) is 6.08. The second-order valence-corrected chi connectivity index (χ2v) is 10.7. The van der Waals surface area contributed by atoms with E-state index in [0.29, 0.717) is 24.3 Å². The second-order valence-electron chi connectivity index (χ2n) is 9.00. The van der Waals surface area contributed by atoms with Crippen LogP contribution in [-0.4, -0.2) is 55.2 Å². The molecule has 37 heavy (non-hydrogen) atoms. The number of nitrogens with one attached hydrogen (secondary N) is 2. The van der Waals surface area contributed by atoms with Gasteiger partial charge in [0.05, 0.1) is 24.2 Å². The topological polar surface area (TPSA) is 145 Å². The number of hydrogen-bond acceptors (Lipinski definition) is 7. The fourth-order valence-electron chi connectivity index (χ4n) is 3.73. The molecule has 1 atom stereocenters. The van der Waals surface area contributed by atoms with Crippen molar-refractivity contribution in [1.82, 2.24) is 5.32 Å². The summed E-state index contributed by atoms with van der Waals surface area (Å²) < 4.78 is 30.8. The van der Waals surface area contributed by atoms with E-state index in [2.05, 4.69) is 10.0 Å². The number of aliphatic hydroxyl groups excluding tert-OH is 1. The van der Waals surface area contributed by atoms with E-state index in [1.54, 1.807) is 18.2 Å². The lowest BCUT2D eigenvalue weighted by molar-refractivity contribution is 0.0690. The largest absolute Gasteiger partial charge is 0.506 e. The van der Waals surface area contributed by atoms with Crippen LogP contribution in [0.2, 0.25) is 0 Å². The van der Waals surface area contributed by atoms with Crippen molar-refractivity contribution in [3.05, 3.63) is 77.4 Å². The Morgan fingerprint density at radius 3 is 2.30 bits per heavy atom. The molecule has 0 heterocycles. The number of aromatic hydroxyl groups is 1. The monoisotopic (exact) mass is 528 g/mol. The van der Waals surface area contributed by atoms with Gasteiger partial charge in [0, 0.05) is 6.54 Å². The van der Waals surface area contributed by atoms with Crippen molar-refractivity contribution in [3.8, 4) is 22.6 Å². The lowest BCUT2D eigenvalue weighted by atomic mass is 10.0. The summed E-state index contributed by atoms with van der Waals surface area (Å²) in [6.07, 6.45) is 0.654. The minimum atomic E-state index is -3.56. The van der Waals surface area contributed by atoms with Crippen molar-refractivity contribution in [2.75, 3.05) is 24.1 Å². The van der Waals surface area contributed by atoms with Crippen LogP contribution in [0.15, 0.2) is 60.7 Å². The molecule has 3 rings (SSSR count). The molecular weight excluding hydrogens is 496 g/mol. The van der Waals surface area contributed by atoms with Crippen LogP contribution in [0, 0.1) is 0 Å². The molecule has 3 aromatic carbocycles. The summed E-state index contributed by atoms with van der Waals surface area (Å²) >= 11 is 0. The van der Waals surface area contributed by atoms with E-state index in [1.165, 1.54) is 18.2 Å². The highest BCUT2D eigenvalue weighted by Gasteiger charge is 2.15. The molecule has 0 aromatic heterocycles. The number of carbonyl (C=O) groups is 1. The van der Waals surface area contributed by atoms with Gasteiger partial charge in [-0.3, -0.25) is 4.72 Å². The number of ether oxygens (including phenoxy) is 1. The molecule has 198 valence electrons. The van der Waals surface area contributed by atoms with Gasteiger partial charge in [0.15, 0.2) is 0 Å². The molecule has 0 bridgehead atoms. The van der Waals surface area contributed by atoms with Crippen molar-refractivity contribution in [2.24, 2.45) is 0 Å². The Morgan fingerprint density at radius 1 is 1.00 bits per heavy atom. The average Bonchev–Trinajstić information content (AvgIpc) is 2.82. The number of carboxylic acid groups (broad SMARTS) is 1. The molecule has 0 spiro atoms. The van der Waals surface area contributed by atoms with Gasteiger partial charge in [-0.2, -0.15) is 0 Å². The van der Waals surface area contributed by atoms with Gasteiger partial charge in [-0.25, -0.2) is 13.2 Å². The lowest BCUT2D eigenvalue weighted by Crippen LogP contribution is -2.23. The maximum atomic E-state index is 11.5. The van der Waals surface area contributed by atoms with Crippen LogP contribution in [-0.2, 0) is 16.4 Å². The maximum absolute atomic E-state index is 11.5. The Bertz CT molecular complexity index is 1340. The third-order valence-electron chi connectivity index (χ3n) is 5.49. The standard InChI is InChI=1S/C27H32N2O7S/c1-17(2)36-26-15-20(8-10-22(26)27(32)33)19-6-4-18(5-7-19)12-13-28-16-25(31)21-9-11-24(30)23(14-21)29-37(3,34)35/h4-11,14-15,17,25,28-31H,12-13,16H2,1-3H3,(H,32,33)/t25-/m0/s1. The molecule has 0 aliphatic carbocycles. The second kappa shape index (κ2) is 12.1. The number of phenolic OH excluding ortho intramolecular Hbond substituents is 1. The highest BCUT2D eigenvalue weighted by molar-refractivity contribution is 7.92. The number of aromatic carboxylic acids is 1. The summed E-state index contributed by atoms with van der Waals surface area (Å²) in [5, 5.41) is 32.9. The van der Waals surface area contributed by atoms with Crippen LogP contribution in [0.4, 0.5) is 5.69 Å². The number of aliphatic hydroxyl groups is 1. The van der Waals surface area contributed by atoms with E-state index in [0.717, 1.165) is 22.9 Å². The molecule has 0 aliphatic rings. The van der Waals surface area contributed by atoms with Crippen LogP contribution < -0.4 is 14.8 Å². The highest BCUT2D eigenvalue weighted by Crippen LogP contribution is 2.29. The van der Waals surface area contributed by atoms with Gasteiger partial charge in [-0.15, -0.1) is 0 Å². The zero-order valence-corrected chi connectivity index (χ0v) is 21.7. The molecule has 0 saturated carbocycles. The number of anilines is 1. The van der Waals surface area contributed by atoms with Crippen molar-refractivity contribution in [2.45, 2.75) is 32.5 Å². The number of hydrogen-bond donors (Lipinski definition) is 5. The molecule has 0 fully saturated rings. The fourth-order valence-corrected chi connectivity index (χ4v) is 4.29. The Labute approximate surface area is 216 Å². The van der Waals surface area contributed by atoms with Gasteiger partial charge in [0.2, 0.25) is 10.0 Å². The number of phenols is 1. The van der Waals surface area contributed by atoms with Crippen LogP contribution >= 0.6 is 0 Å². The molecule has 10 heteroatoms. The average molecular weight is 529 g/mol. The lowest BCUT2D eigenvalue weighted by Gasteiger charge is -2.15. The summed E-state index contributed by atoms with van der Waals surface area (Å²) in [5.74, 6) is -0.925. The fraction of sp³-hybridized carbons (Fsp3) is 0.296. The smallest absolute Gasteiger partial charge is 0.339 e. The normalized spacial score (nSPS) is 12.4. The number of rotatable bonds is 12. The molecular formula is C27H32N2O7S. The van der Waals surface area contributed by atoms with Crippen molar-refractivity contribution in [3.63, 3.8) is 0 Å². The van der Waals surface area contributed by atoms with Crippen LogP contribution in [0.5, 0.6) is 11.5 Å². The molecule has 0 aliphatic heterocycles. The van der Waals surface area contributed by atoms with Crippen LogP contribution in [0.25, 0.3) is 11.1 Å². The predicted octanol–water partition coefficient (Wildman–Crippen LogP) is 3.78. The third kappa shape index (κ3) is 8.21. The van der Waals surface area contributed by atoms with Gasteiger partial charge >= 0.3 is 5.97 Å². The molecule has 0 amide bonds. The van der Waals surface area contributed by atoms with E-state index in [9.17, 15) is 28.5 Å². The first-order valence-corrected chi connectivity index (χ1v) is 13.6. The maximum Gasteiger partial charge on any atom is 0.339 e.